The van der Waals surface area contributed by atoms with E-state index < -0.39 is 0 Å². The first-order valence-electron chi connectivity index (χ1n) is 11.8. The molecule has 0 saturated carbocycles. The van der Waals surface area contributed by atoms with E-state index in [1.165, 1.54) is 89.9 Å². The van der Waals surface area contributed by atoms with Gasteiger partial charge in [-0.15, -0.1) is 0 Å². The first-order chi connectivity index (χ1) is 13.7. The number of rotatable bonds is 18. The fourth-order valence-electron chi connectivity index (χ4n) is 3.59. The molecule has 0 radical (unpaired) electrons. The predicted molar refractivity (Wildman–Crippen MR) is 120 cm³/mol. The Morgan fingerprint density at radius 3 is 1.61 bits per heavy atom. The molecule has 3 nitrogen and oxygen atoms in total. The Balaban J connectivity index is 1.79. The Labute approximate surface area is 173 Å². The zero-order valence-electron chi connectivity index (χ0n) is 18.2. The maximum absolute atomic E-state index is 11.9. The van der Waals surface area contributed by atoms with E-state index >= 15 is 0 Å². The van der Waals surface area contributed by atoms with Gasteiger partial charge in [0, 0.05) is 6.54 Å². The monoisotopic (exact) mass is 389 g/mol. The average molecular weight is 390 g/mol. The molecule has 0 aliphatic carbocycles. The van der Waals surface area contributed by atoms with Crippen LogP contribution in [0, 0.1) is 0 Å². The quantitative estimate of drug-likeness (QED) is 0.268. The van der Waals surface area contributed by atoms with E-state index in [0.29, 0.717) is 6.42 Å². The lowest BCUT2D eigenvalue weighted by Crippen LogP contribution is -2.26. The highest BCUT2D eigenvalue weighted by atomic mass is 16.3. The summed E-state index contributed by atoms with van der Waals surface area (Å²) in [6, 6.07) is 6.83. The number of benzene rings is 1. The van der Waals surface area contributed by atoms with Crippen molar-refractivity contribution in [1.29, 1.82) is 0 Å². The first-order valence-corrected chi connectivity index (χ1v) is 11.8. The molecule has 0 aliphatic rings. The molecular weight excluding hydrogens is 346 g/mol. The molecule has 28 heavy (non-hydrogen) atoms. The topological polar surface area (TPSA) is 49.3 Å². The van der Waals surface area contributed by atoms with Gasteiger partial charge in [0.2, 0.25) is 5.91 Å². The Morgan fingerprint density at radius 1 is 0.714 bits per heavy atom. The smallest absolute Gasteiger partial charge is 0.224 e. The zero-order valence-corrected chi connectivity index (χ0v) is 18.2. The van der Waals surface area contributed by atoms with Crippen LogP contribution in [-0.4, -0.2) is 17.6 Å². The largest absolute Gasteiger partial charge is 0.508 e. The van der Waals surface area contributed by atoms with Crippen LogP contribution in [0.25, 0.3) is 0 Å². The molecule has 0 atom stereocenters. The molecule has 0 aliphatic heterocycles. The van der Waals surface area contributed by atoms with Crippen molar-refractivity contribution in [1.82, 2.24) is 5.32 Å². The molecule has 3 heteroatoms. The van der Waals surface area contributed by atoms with Crippen LogP contribution < -0.4 is 5.32 Å². The number of carbonyl (C=O) groups is 1. The third kappa shape index (κ3) is 14.5. The van der Waals surface area contributed by atoms with E-state index in [1.54, 1.807) is 24.3 Å². The number of aromatic hydroxyl groups is 1. The highest BCUT2D eigenvalue weighted by molar-refractivity contribution is 5.78. The molecule has 1 amide bonds. The summed E-state index contributed by atoms with van der Waals surface area (Å²) in [5.74, 6) is 0.304. The van der Waals surface area contributed by atoms with Gasteiger partial charge in [0.25, 0.3) is 0 Å². The van der Waals surface area contributed by atoms with Crippen LogP contribution in [0.1, 0.15) is 109 Å². The number of hydrogen-bond donors (Lipinski definition) is 2. The summed E-state index contributed by atoms with van der Waals surface area (Å²) in [6.45, 7) is 3.05. The van der Waals surface area contributed by atoms with E-state index in [-0.39, 0.29) is 11.7 Å². The number of hydrogen-bond acceptors (Lipinski definition) is 2. The minimum atomic E-state index is 0.0658. The normalized spacial score (nSPS) is 10.9. The standard InChI is InChI=1S/C25H43NO2/c1-2-3-4-5-6-7-8-9-10-11-12-13-14-15-16-21-26-25(28)22-23-17-19-24(27)20-18-23/h17-20,27H,2-16,21-22H2,1H3,(H,26,28). The summed E-state index contributed by atoms with van der Waals surface area (Å²) >= 11 is 0. The molecule has 0 heterocycles. The Bertz CT molecular complexity index is 484. The second-order valence-electron chi connectivity index (χ2n) is 8.14. The van der Waals surface area contributed by atoms with Crippen molar-refractivity contribution in [3.05, 3.63) is 29.8 Å². The summed E-state index contributed by atoms with van der Waals surface area (Å²) in [5.41, 5.74) is 0.937. The minimum absolute atomic E-state index is 0.0658. The first kappa shape index (κ1) is 24.5. The van der Waals surface area contributed by atoms with Crippen molar-refractivity contribution in [3.8, 4) is 5.75 Å². The Morgan fingerprint density at radius 2 is 1.14 bits per heavy atom. The lowest BCUT2D eigenvalue weighted by atomic mass is 10.0. The van der Waals surface area contributed by atoms with Crippen molar-refractivity contribution < 1.29 is 9.90 Å². The van der Waals surface area contributed by atoms with Crippen LogP contribution in [0.4, 0.5) is 0 Å². The van der Waals surface area contributed by atoms with E-state index in [0.717, 1.165) is 18.5 Å². The molecule has 0 saturated heterocycles. The van der Waals surface area contributed by atoms with Gasteiger partial charge < -0.3 is 10.4 Å². The molecule has 0 unspecified atom stereocenters. The number of unbranched alkanes of at least 4 members (excludes halogenated alkanes) is 14. The van der Waals surface area contributed by atoms with Crippen LogP contribution in [-0.2, 0) is 11.2 Å². The van der Waals surface area contributed by atoms with Crippen molar-refractivity contribution >= 4 is 5.91 Å². The lowest BCUT2D eigenvalue weighted by Gasteiger charge is -2.06. The molecule has 0 fully saturated rings. The predicted octanol–water partition coefficient (Wildman–Crippen LogP) is 6.92. The average Bonchev–Trinajstić information content (AvgIpc) is 2.69. The van der Waals surface area contributed by atoms with Gasteiger partial charge in [-0.05, 0) is 24.1 Å². The van der Waals surface area contributed by atoms with E-state index in [2.05, 4.69) is 12.2 Å². The molecule has 1 aromatic carbocycles. The van der Waals surface area contributed by atoms with Gasteiger partial charge in [-0.25, -0.2) is 0 Å². The van der Waals surface area contributed by atoms with E-state index in [4.69, 9.17) is 0 Å². The maximum Gasteiger partial charge on any atom is 0.224 e. The molecule has 160 valence electrons. The van der Waals surface area contributed by atoms with Gasteiger partial charge in [-0.2, -0.15) is 0 Å². The number of carbonyl (C=O) groups excluding carboxylic acids is 1. The van der Waals surface area contributed by atoms with Crippen molar-refractivity contribution in [2.45, 2.75) is 110 Å². The molecule has 2 N–H and O–H groups in total. The van der Waals surface area contributed by atoms with Gasteiger partial charge >= 0.3 is 0 Å². The highest BCUT2D eigenvalue weighted by Crippen LogP contribution is 2.13. The third-order valence-corrected chi connectivity index (χ3v) is 5.40. The molecule has 1 aromatic rings. The number of nitrogens with one attached hydrogen (secondary N) is 1. The molecular formula is C25H43NO2. The lowest BCUT2D eigenvalue weighted by molar-refractivity contribution is -0.120. The van der Waals surface area contributed by atoms with Crippen molar-refractivity contribution in [3.63, 3.8) is 0 Å². The minimum Gasteiger partial charge on any atom is -0.508 e. The molecule has 0 aromatic heterocycles. The van der Waals surface area contributed by atoms with Gasteiger partial charge in [0.15, 0.2) is 0 Å². The van der Waals surface area contributed by atoms with Gasteiger partial charge in [0.05, 0.1) is 6.42 Å². The van der Waals surface area contributed by atoms with Crippen LogP contribution >= 0.6 is 0 Å². The summed E-state index contributed by atoms with van der Waals surface area (Å²) < 4.78 is 0. The SMILES string of the molecule is CCCCCCCCCCCCCCCCCNC(=O)Cc1ccc(O)cc1. The van der Waals surface area contributed by atoms with Crippen LogP contribution in [0.15, 0.2) is 24.3 Å². The molecule has 1 rings (SSSR count). The summed E-state index contributed by atoms with van der Waals surface area (Å²) in [4.78, 5) is 11.9. The highest BCUT2D eigenvalue weighted by Gasteiger charge is 2.02. The van der Waals surface area contributed by atoms with E-state index in [1.807, 2.05) is 0 Å². The van der Waals surface area contributed by atoms with E-state index in [9.17, 15) is 9.90 Å². The van der Waals surface area contributed by atoms with Gasteiger partial charge in [-0.1, -0.05) is 109 Å². The fraction of sp³-hybridized carbons (Fsp3) is 0.720. The molecule has 0 spiro atoms. The molecule has 0 bridgehead atoms. The summed E-state index contributed by atoms with van der Waals surface area (Å²) in [5, 5.41) is 12.2. The van der Waals surface area contributed by atoms with Crippen LogP contribution in [0.2, 0.25) is 0 Å². The number of phenols is 1. The second-order valence-corrected chi connectivity index (χ2v) is 8.14. The van der Waals surface area contributed by atoms with Gasteiger partial charge in [0.1, 0.15) is 5.75 Å². The summed E-state index contributed by atoms with van der Waals surface area (Å²) in [6.07, 6.45) is 20.8. The number of amides is 1. The van der Waals surface area contributed by atoms with Crippen LogP contribution in [0.3, 0.4) is 0 Å². The summed E-state index contributed by atoms with van der Waals surface area (Å²) in [7, 11) is 0. The van der Waals surface area contributed by atoms with Crippen LogP contribution in [0.5, 0.6) is 5.75 Å². The second kappa shape index (κ2) is 17.6. The Kier molecular flexibility index (Phi) is 15.4. The number of phenolic OH excluding ortho intramolecular Hbond substituents is 1. The third-order valence-electron chi connectivity index (χ3n) is 5.40. The fourth-order valence-corrected chi connectivity index (χ4v) is 3.59. The zero-order chi connectivity index (χ0) is 20.3. The van der Waals surface area contributed by atoms with Gasteiger partial charge in [-0.3, -0.25) is 4.79 Å². The van der Waals surface area contributed by atoms with Crippen molar-refractivity contribution in [2.24, 2.45) is 0 Å². The Hall–Kier alpha value is -1.51. The maximum atomic E-state index is 11.9. The van der Waals surface area contributed by atoms with Crippen molar-refractivity contribution in [2.75, 3.05) is 6.54 Å².